The van der Waals surface area contributed by atoms with Crippen LogP contribution in [-0.2, 0) is 0 Å². The van der Waals surface area contributed by atoms with Gasteiger partial charge in [-0.25, -0.2) is 0 Å². The number of hydrogen-bond acceptors (Lipinski definition) is 3. The van der Waals surface area contributed by atoms with E-state index >= 15 is 0 Å². The Kier molecular flexibility index (Phi) is 4.31. The first-order chi connectivity index (χ1) is 12.9. The molecule has 0 saturated heterocycles. The second-order valence-electron chi connectivity index (χ2n) is 7.09. The number of halogens is 1. The molecule has 1 aliphatic heterocycles. The Bertz CT molecular complexity index is 1130. The zero-order valence-electron chi connectivity index (χ0n) is 15.5. The number of benzene rings is 2. The fraction of sp³-hybridized carbons (Fsp3) is 0.273. The van der Waals surface area contributed by atoms with Gasteiger partial charge < -0.3 is 9.32 Å². The molecule has 1 unspecified atom stereocenters. The van der Waals surface area contributed by atoms with E-state index in [1.807, 2.05) is 51.1 Å². The maximum absolute atomic E-state index is 13.4. The standard InChI is InChI=1S/C22H20ClNO3/c1-4-8-24-18(14-6-5-7-15(23)11-14)17-19(25)16-10-12(2)9-13(3)20(16)27-21(17)22(24)26/h5-7,9-11,18H,4,8H2,1-3H3. The van der Waals surface area contributed by atoms with Crippen LogP contribution in [0.15, 0.2) is 45.6 Å². The third kappa shape index (κ3) is 2.76. The molecule has 0 N–H and O–H groups in total. The normalized spacial score (nSPS) is 16.2. The molecule has 0 radical (unpaired) electrons. The van der Waals surface area contributed by atoms with Gasteiger partial charge in [-0.05, 0) is 55.2 Å². The average Bonchev–Trinajstić information content (AvgIpc) is 2.89. The van der Waals surface area contributed by atoms with E-state index < -0.39 is 6.04 Å². The Balaban J connectivity index is 2.05. The van der Waals surface area contributed by atoms with Crippen LogP contribution in [0, 0.1) is 13.8 Å². The van der Waals surface area contributed by atoms with E-state index in [9.17, 15) is 9.59 Å². The van der Waals surface area contributed by atoms with Crippen LogP contribution >= 0.6 is 11.6 Å². The second-order valence-corrected chi connectivity index (χ2v) is 7.53. The fourth-order valence-corrected chi connectivity index (χ4v) is 4.17. The van der Waals surface area contributed by atoms with Gasteiger partial charge >= 0.3 is 0 Å². The maximum atomic E-state index is 13.4. The minimum Gasteiger partial charge on any atom is -0.450 e. The summed E-state index contributed by atoms with van der Waals surface area (Å²) >= 11 is 6.18. The number of carbonyl (C=O) groups is 1. The van der Waals surface area contributed by atoms with Gasteiger partial charge in [-0.3, -0.25) is 9.59 Å². The van der Waals surface area contributed by atoms with Gasteiger partial charge in [0.25, 0.3) is 5.91 Å². The molecule has 1 amide bonds. The number of nitrogens with zero attached hydrogens (tertiary/aromatic N) is 1. The van der Waals surface area contributed by atoms with Crippen molar-refractivity contribution >= 4 is 28.5 Å². The molecule has 0 saturated carbocycles. The molecule has 1 atom stereocenters. The van der Waals surface area contributed by atoms with Gasteiger partial charge in [0.1, 0.15) is 5.58 Å². The molecule has 0 fully saturated rings. The monoisotopic (exact) mass is 381 g/mol. The lowest BCUT2D eigenvalue weighted by molar-refractivity contribution is 0.0728. The van der Waals surface area contributed by atoms with Crippen molar-refractivity contribution in [3.63, 3.8) is 0 Å². The molecule has 27 heavy (non-hydrogen) atoms. The largest absolute Gasteiger partial charge is 0.450 e. The second kappa shape index (κ2) is 6.54. The first-order valence-electron chi connectivity index (χ1n) is 9.06. The van der Waals surface area contributed by atoms with Crippen molar-refractivity contribution in [2.75, 3.05) is 6.54 Å². The first kappa shape index (κ1) is 17.8. The average molecular weight is 382 g/mol. The summed E-state index contributed by atoms with van der Waals surface area (Å²) in [5, 5.41) is 1.09. The van der Waals surface area contributed by atoms with Gasteiger partial charge in [-0.1, -0.05) is 36.7 Å². The van der Waals surface area contributed by atoms with Crippen molar-refractivity contribution in [2.45, 2.75) is 33.2 Å². The molecule has 5 heteroatoms. The third-order valence-corrected chi connectivity index (χ3v) is 5.26. The van der Waals surface area contributed by atoms with Crippen LogP contribution in [0.5, 0.6) is 0 Å². The number of fused-ring (bicyclic) bond motifs is 2. The maximum Gasteiger partial charge on any atom is 0.290 e. The topological polar surface area (TPSA) is 50.5 Å². The van der Waals surface area contributed by atoms with Crippen molar-refractivity contribution in [2.24, 2.45) is 0 Å². The lowest BCUT2D eigenvalue weighted by Crippen LogP contribution is -2.30. The highest BCUT2D eigenvalue weighted by molar-refractivity contribution is 6.30. The third-order valence-electron chi connectivity index (χ3n) is 5.03. The zero-order valence-corrected chi connectivity index (χ0v) is 16.3. The number of carbonyl (C=O) groups excluding carboxylic acids is 1. The Labute approximate surface area is 162 Å². The highest BCUT2D eigenvalue weighted by Gasteiger charge is 2.42. The molecule has 4 rings (SSSR count). The van der Waals surface area contributed by atoms with E-state index in [1.165, 1.54) is 0 Å². The number of hydrogen-bond donors (Lipinski definition) is 0. The minimum absolute atomic E-state index is 0.144. The summed E-state index contributed by atoms with van der Waals surface area (Å²) in [6, 6.07) is 10.6. The number of aryl methyl sites for hydroxylation is 2. The molecule has 1 aromatic heterocycles. The van der Waals surface area contributed by atoms with Crippen LogP contribution in [-0.4, -0.2) is 17.4 Å². The Hall–Kier alpha value is -2.59. The Morgan fingerprint density at radius 1 is 1.15 bits per heavy atom. The lowest BCUT2D eigenvalue weighted by atomic mass is 9.97. The molecule has 1 aliphatic rings. The van der Waals surface area contributed by atoms with Gasteiger partial charge in [-0.2, -0.15) is 0 Å². The molecule has 0 aliphatic carbocycles. The van der Waals surface area contributed by atoms with Crippen LogP contribution in [0.25, 0.3) is 11.0 Å². The fourth-order valence-electron chi connectivity index (χ4n) is 3.97. The van der Waals surface area contributed by atoms with Gasteiger partial charge in [0, 0.05) is 11.6 Å². The molecular formula is C22H20ClNO3. The smallest absolute Gasteiger partial charge is 0.290 e. The van der Waals surface area contributed by atoms with Crippen molar-refractivity contribution in [1.29, 1.82) is 0 Å². The molecule has 2 heterocycles. The molecule has 138 valence electrons. The summed E-state index contributed by atoms with van der Waals surface area (Å²) in [5.74, 6) is -0.0892. The SMILES string of the molecule is CCCN1C(=O)c2oc3c(C)cc(C)cc3c(=O)c2C1c1cccc(Cl)c1. The summed E-state index contributed by atoms with van der Waals surface area (Å²) in [7, 11) is 0. The van der Waals surface area contributed by atoms with Crippen molar-refractivity contribution in [1.82, 2.24) is 4.90 Å². The molecule has 3 aromatic rings. The van der Waals surface area contributed by atoms with Crippen LogP contribution in [0.4, 0.5) is 0 Å². The minimum atomic E-state index is -0.479. The number of amides is 1. The molecule has 2 aromatic carbocycles. The summed E-state index contributed by atoms with van der Waals surface area (Å²) < 4.78 is 6.02. The van der Waals surface area contributed by atoms with Crippen LogP contribution < -0.4 is 5.43 Å². The highest BCUT2D eigenvalue weighted by atomic mass is 35.5. The van der Waals surface area contributed by atoms with Crippen molar-refractivity contribution < 1.29 is 9.21 Å². The van der Waals surface area contributed by atoms with Crippen molar-refractivity contribution in [3.8, 4) is 0 Å². The Morgan fingerprint density at radius 3 is 2.63 bits per heavy atom. The van der Waals surface area contributed by atoms with Gasteiger partial charge in [0.15, 0.2) is 5.43 Å². The molecule has 0 bridgehead atoms. The van der Waals surface area contributed by atoms with E-state index in [4.69, 9.17) is 16.0 Å². The van der Waals surface area contributed by atoms with Crippen LogP contribution in [0.2, 0.25) is 5.02 Å². The zero-order chi connectivity index (χ0) is 19.3. The summed E-state index contributed by atoms with van der Waals surface area (Å²) in [4.78, 5) is 28.2. The predicted octanol–water partition coefficient (Wildman–Crippen LogP) is 5.02. The predicted molar refractivity (Wildman–Crippen MR) is 107 cm³/mol. The van der Waals surface area contributed by atoms with Crippen molar-refractivity contribution in [3.05, 3.63) is 79.7 Å². The van der Waals surface area contributed by atoms with Crippen LogP contribution in [0.3, 0.4) is 0 Å². The molecule has 4 nitrogen and oxygen atoms in total. The first-order valence-corrected chi connectivity index (χ1v) is 9.44. The van der Waals surface area contributed by atoms with Gasteiger partial charge in [0.2, 0.25) is 5.76 Å². The van der Waals surface area contributed by atoms with Gasteiger partial charge in [-0.15, -0.1) is 0 Å². The quantitative estimate of drug-likeness (QED) is 0.640. The summed E-state index contributed by atoms with van der Waals surface area (Å²) in [5.41, 5.74) is 3.41. The number of rotatable bonds is 3. The van der Waals surface area contributed by atoms with E-state index in [2.05, 4.69) is 0 Å². The highest BCUT2D eigenvalue weighted by Crippen LogP contribution is 2.39. The van der Waals surface area contributed by atoms with E-state index in [0.29, 0.717) is 28.1 Å². The van der Waals surface area contributed by atoms with E-state index in [-0.39, 0.29) is 17.1 Å². The summed E-state index contributed by atoms with van der Waals surface area (Å²) in [6.07, 6.45) is 0.780. The Morgan fingerprint density at radius 2 is 1.93 bits per heavy atom. The molecular weight excluding hydrogens is 362 g/mol. The molecule has 0 spiro atoms. The van der Waals surface area contributed by atoms with Gasteiger partial charge in [0.05, 0.1) is 17.0 Å². The van der Waals surface area contributed by atoms with E-state index in [1.54, 1.807) is 11.0 Å². The lowest BCUT2D eigenvalue weighted by Gasteiger charge is -2.24. The van der Waals surface area contributed by atoms with Crippen LogP contribution in [0.1, 0.15) is 52.2 Å². The van der Waals surface area contributed by atoms with E-state index in [0.717, 1.165) is 23.1 Å². The summed E-state index contributed by atoms with van der Waals surface area (Å²) in [6.45, 7) is 6.38.